The van der Waals surface area contributed by atoms with Gasteiger partial charge in [-0.2, -0.15) is 0 Å². The molecule has 3 aromatic rings. The van der Waals surface area contributed by atoms with E-state index in [0.29, 0.717) is 5.75 Å². The zero-order valence-corrected chi connectivity index (χ0v) is 18.7. The fraction of sp³-hybridized carbons (Fsp3) is 0.208. The molecule has 0 unspecified atom stereocenters. The molecule has 0 saturated heterocycles. The van der Waals surface area contributed by atoms with Crippen LogP contribution in [-0.2, 0) is 21.4 Å². The summed E-state index contributed by atoms with van der Waals surface area (Å²) in [5.74, 6) is -0.311. The number of nitrogens with one attached hydrogen (secondary N) is 1. The highest BCUT2D eigenvalue weighted by Crippen LogP contribution is 2.24. The highest BCUT2D eigenvalue weighted by molar-refractivity contribution is 7.92. The van der Waals surface area contributed by atoms with E-state index in [2.05, 4.69) is 5.32 Å². The minimum atomic E-state index is -4.04. The lowest BCUT2D eigenvalue weighted by Gasteiger charge is -2.24. The van der Waals surface area contributed by atoms with Gasteiger partial charge in [-0.05, 0) is 67.9 Å². The number of carbonyl (C=O) groups excluding carboxylic acids is 1. The van der Waals surface area contributed by atoms with Crippen LogP contribution in [0.5, 0.6) is 5.75 Å². The maximum atomic E-state index is 13.4. The summed E-state index contributed by atoms with van der Waals surface area (Å²) in [7, 11) is -4.04. The van der Waals surface area contributed by atoms with Gasteiger partial charge in [0.2, 0.25) is 5.91 Å². The van der Waals surface area contributed by atoms with E-state index in [1.165, 1.54) is 24.3 Å². The third kappa shape index (κ3) is 6.07. The molecule has 3 rings (SSSR count). The standard InChI is InChI=1S/C24H25FN2O4S/c1-18(2)31-22-8-6-7-19(15-22)16-26-24(28)17-27(21-13-11-20(25)12-14-21)32(29,30)23-9-4-3-5-10-23/h3-15,18H,16-17H2,1-2H3,(H,26,28). The van der Waals surface area contributed by atoms with Crippen molar-refractivity contribution in [1.29, 1.82) is 0 Å². The Kier molecular flexibility index (Phi) is 7.48. The van der Waals surface area contributed by atoms with Gasteiger partial charge in [-0.15, -0.1) is 0 Å². The molecule has 0 atom stereocenters. The summed E-state index contributed by atoms with van der Waals surface area (Å²) in [6, 6.07) is 20.1. The number of sulfonamides is 1. The molecule has 168 valence electrons. The molecule has 0 radical (unpaired) electrons. The molecule has 3 aromatic carbocycles. The zero-order valence-electron chi connectivity index (χ0n) is 17.9. The van der Waals surface area contributed by atoms with Crippen LogP contribution in [0.3, 0.4) is 0 Å². The van der Waals surface area contributed by atoms with Crippen molar-refractivity contribution >= 4 is 21.6 Å². The highest BCUT2D eigenvalue weighted by atomic mass is 32.2. The van der Waals surface area contributed by atoms with Gasteiger partial charge in [0.05, 0.1) is 16.7 Å². The van der Waals surface area contributed by atoms with Crippen LogP contribution in [0.4, 0.5) is 10.1 Å². The summed E-state index contributed by atoms with van der Waals surface area (Å²) in [5.41, 5.74) is 1.01. The van der Waals surface area contributed by atoms with E-state index in [0.717, 1.165) is 22.0 Å². The van der Waals surface area contributed by atoms with E-state index in [1.807, 2.05) is 38.1 Å². The monoisotopic (exact) mass is 456 g/mol. The van der Waals surface area contributed by atoms with Crippen molar-refractivity contribution < 1.29 is 22.3 Å². The van der Waals surface area contributed by atoms with Crippen molar-refractivity contribution in [2.45, 2.75) is 31.4 Å². The summed E-state index contributed by atoms with van der Waals surface area (Å²) in [4.78, 5) is 12.7. The Hall–Kier alpha value is -3.39. The number of ether oxygens (including phenoxy) is 1. The van der Waals surface area contributed by atoms with E-state index in [1.54, 1.807) is 18.2 Å². The lowest BCUT2D eigenvalue weighted by Crippen LogP contribution is -2.40. The summed E-state index contributed by atoms with van der Waals surface area (Å²) in [6.07, 6.45) is 0.0206. The summed E-state index contributed by atoms with van der Waals surface area (Å²) in [6.45, 7) is 3.60. The van der Waals surface area contributed by atoms with Gasteiger partial charge in [0.15, 0.2) is 0 Å². The molecule has 0 aliphatic rings. The molecule has 0 saturated carbocycles. The molecule has 0 heterocycles. The molecule has 1 N–H and O–H groups in total. The van der Waals surface area contributed by atoms with Crippen molar-refractivity contribution in [2.75, 3.05) is 10.8 Å². The van der Waals surface area contributed by atoms with Crippen LogP contribution >= 0.6 is 0 Å². The third-order valence-corrected chi connectivity index (χ3v) is 6.28. The average Bonchev–Trinajstić information content (AvgIpc) is 2.77. The third-order valence-electron chi connectivity index (χ3n) is 4.49. The van der Waals surface area contributed by atoms with Gasteiger partial charge in [0.1, 0.15) is 18.1 Å². The second-order valence-corrected chi connectivity index (χ2v) is 9.25. The number of rotatable bonds is 9. The molecule has 6 nitrogen and oxygen atoms in total. The Bertz CT molecular complexity index is 1150. The predicted octanol–water partition coefficient (Wildman–Crippen LogP) is 4.12. The Balaban J connectivity index is 1.78. The summed E-state index contributed by atoms with van der Waals surface area (Å²) in [5, 5.41) is 2.74. The second-order valence-electron chi connectivity index (χ2n) is 7.39. The SMILES string of the molecule is CC(C)Oc1cccc(CNC(=O)CN(c2ccc(F)cc2)S(=O)(=O)c2ccccc2)c1. The molecule has 0 aromatic heterocycles. The van der Waals surface area contributed by atoms with Gasteiger partial charge < -0.3 is 10.1 Å². The Morgan fingerprint density at radius 1 is 1.00 bits per heavy atom. The minimum Gasteiger partial charge on any atom is -0.491 e. The first-order chi connectivity index (χ1) is 15.3. The van der Waals surface area contributed by atoms with Crippen LogP contribution in [0.1, 0.15) is 19.4 Å². The molecule has 0 fully saturated rings. The van der Waals surface area contributed by atoms with Crippen molar-refractivity contribution in [1.82, 2.24) is 5.32 Å². The van der Waals surface area contributed by atoms with Gasteiger partial charge in [0.25, 0.3) is 10.0 Å². The highest BCUT2D eigenvalue weighted by Gasteiger charge is 2.27. The second kappa shape index (κ2) is 10.3. The number of amides is 1. The number of hydrogen-bond donors (Lipinski definition) is 1. The van der Waals surface area contributed by atoms with Gasteiger partial charge in [-0.3, -0.25) is 9.10 Å². The fourth-order valence-electron chi connectivity index (χ4n) is 3.03. The number of anilines is 1. The number of hydrogen-bond acceptors (Lipinski definition) is 4. The van der Waals surface area contributed by atoms with Crippen molar-refractivity contribution in [3.8, 4) is 5.75 Å². The Morgan fingerprint density at radius 3 is 2.34 bits per heavy atom. The van der Waals surface area contributed by atoms with Crippen LogP contribution in [-0.4, -0.2) is 27.0 Å². The molecular weight excluding hydrogens is 431 g/mol. The zero-order chi connectivity index (χ0) is 23.1. The van der Waals surface area contributed by atoms with E-state index in [-0.39, 0.29) is 23.2 Å². The first kappa shape index (κ1) is 23.3. The Labute approximate surface area is 187 Å². The van der Waals surface area contributed by atoms with Crippen molar-refractivity contribution in [3.63, 3.8) is 0 Å². The fourth-order valence-corrected chi connectivity index (χ4v) is 4.47. The minimum absolute atomic E-state index is 0.0206. The van der Waals surface area contributed by atoms with Gasteiger partial charge in [0, 0.05) is 6.54 Å². The topological polar surface area (TPSA) is 75.7 Å². The van der Waals surface area contributed by atoms with Crippen LogP contribution < -0.4 is 14.4 Å². The number of benzene rings is 3. The summed E-state index contributed by atoms with van der Waals surface area (Å²) < 4.78 is 46.4. The van der Waals surface area contributed by atoms with Crippen molar-refractivity contribution in [2.24, 2.45) is 0 Å². The summed E-state index contributed by atoms with van der Waals surface area (Å²) >= 11 is 0. The number of halogens is 1. The van der Waals surface area contributed by atoms with Gasteiger partial charge in [-0.25, -0.2) is 12.8 Å². The van der Waals surface area contributed by atoms with Crippen LogP contribution in [0.25, 0.3) is 0 Å². The van der Waals surface area contributed by atoms with Crippen LogP contribution in [0.2, 0.25) is 0 Å². The van der Waals surface area contributed by atoms with E-state index in [9.17, 15) is 17.6 Å². The lowest BCUT2D eigenvalue weighted by atomic mass is 10.2. The van der Waals surface area contributed by atoms with Gasteiger partial charge >= 0.3 is 0 Å². The van der Waals surface area contributed by atoms with E-state index < -0.39 is 28.3 Å². The largest absolute Gasteiger partial charge is 0.491 e. The van der Waals surface area contributed by atoms with Gasteiger partial charge in [-0.1, -0.05) is 30.3 Å². The molecule has 0 bridgehead atoms. The van der Waals surface area contributed by atoms with E-state index in [4.69, 9.17) is 4.74 Å². The molecule has 32 heavy (non-hydrogen) atoms. The molecule has 1 amide bonds. The molecular formula is C24H25FN2O4S. The normalized spacial score (nSPS) is 11.2. The van der Waals surface area contributed by atoms with Crippen molar-refractivity contribution in [3.05, 3.63) is 90.2 Å². The Morgan fingerprint density at radius 2 is 1.69 bits per heavy atom. The smallest absolute Gasteiger partial charge is 0.264 e. The first-order valence-electron chi connectivity index (χ1n) is 10.1. The van der Waals surface area contributed by atoms with Crippen LogP contribution in [0, 0.1) is 5.82 Å². The lowest BCUT2D eigenvalue weighted by molar-refractivity contribution is -0.119. The number of carbonyl (C=O) groups is 1. The quantitative estimate of drug-likeness (QED) is 0.526. The maximum Gasteiger partial charge on any atom is 0.264 e. The van der Waals surface area contributed by atoms with Crippen LogP contribution in [0.15, 0.2) is 83.8 Å². The maximum absolute atomic E-state index is 13.4. The first-order valence-corrected chi connectivity index (χ1v) is 11.6. The molecule has 0 spiro atoms. The predicted molar refractivity (Wildman–Crippen MR) is 121 cm³/mol. The molecule has 0 aliphatic heterocycles. The average molecular weight is 457 g/mol. The molecule has 0 aliphatic carbocycles. The number of nitrogens with zero attached hydrogens (tertiary/aromatic N) is 1. The molecule has 8 heteroatoms. The van der Waals surface area contributed by atoms with E-state index >= 15 is 0 Å².